The summed E-state index contributed by atoms with van der Waals surface area (Å²) >= 11 is 0. The SMILES string of the molecule is CCC1(C(=O)NCc2ccc(OC)cc2)COC1. The van der Waals surface area contributed by atoms with Crippen LogP contribution < -0.4 is 10.1 Å². The average Bonchev–Trinajstić information content (AvgIpc) is 2.36. The number of hydrogen-bond acceptors (Lipinski definition) is 3. The van der Waals surface area contributed by atoms with E-state index in [1.807, 2.05) is 31.2 Å². The van der Waals surface area contributed by atoms with Crippen molar-refractivity contribution < 1.29 is 14.3 Å². The normalized spacial score (nSPS) is 16.8. The van der Waals surface area contributed by atoms with Gasteiger partial charge in [-0.15, -0.1) is 0 Å². The summed E-state index contributed by atoms with van der Waals surface area (Å²) in [6.45, 7) is 3.65. The van der Waals surface area contributed by atoms with Crippen LogP contribution in [0.3, 0.4) is 0 Å². The Labute approximate surface area is 107 Å². The zero-order valence-corrected chi connectivity index (χ0v) is 10.9. The van der Waals surface area contributed by atoms with Crippen molar-refractivity contribution in [3.63, 3.8) is 0 Å². The van der Waals surface area contributed by atoms with Crippen LogP contribution in [0.4, 0.5) is 0 Å². The Morgan fingerprint density at radius 3 is 2.50 bits per heavy atom. The first-order valence-electron chi connectivity index (χ1n) is 6.19. The second-order valence-electron chi connectivity index (χ2n) is 4.66. The minimum absolute atomic E-state index is 0.0899. The van der Waals surface area contributed by atoms with Crippen molar-refractivity contribution in [3.8, 4) is 5.75 Å². The number of ether oxygens (including phenoxy) is 2. The summed E-state index contributed by atoms with van der Waals surface area (Å²) in [6, 6.07) is 7.69. The largest absolute Gasteiger partial charge is 0.497 e. The Morgan fingerprint density at radius 1 is 1.39 bits per heavy atom. The standard InChI is InChI=1S/C14H19NO3/c1-3-14(9-18-10-14)13(16)15-8-11-4-6-12(17-2)7-5-11/h4-7H,3,8-10H2,1-2H3,(H,15,16). The number of hydrogen-bond donors (Lipinski definition) is 1. The monoisotopic (exact) mass is 249 g/mol. The van der Waals surface area contributed by atoms with Gasteiger partial charge in [-0.2, -0.15) is 0 Å². The van der Waals surface area contributed by atoms with Gasteiger partial charge in [0.05, 0.1) is 25.7 Å². The molecule has 1 N–H and O–H groups in total. The van der Waals surface area contributed by atoms with Gasteiger partial charge in [0.25, 0.3) is 0 Å². The van der Waals surface area contributed by atoms with E-state index in [0.717, 1.165) is 17.7 Å². The van der Waals surface area contributed by atoms with Crippen LogP contribution in [0.5, 0.6) is 5.75 Å². The average molecular weight is 249 g/mol. The molecular weight excluding hydrogens is 230 g/mol. The highest BCUT2D eigenvalue weighted by Gasteiger charge is 2.43. The third-order valence-corrected chi connectivity index (χ3v) is 3.53. The van der Waals surface area contributed by atoms with E-state index >= 15 is 0 Å². The van der Waals surface area contributed by atoms with E-state index in [-0.39, 0.29) is 11.3 Å². The van der Waals surface area contributed by atoms with Gasteiger partial charge in [-0.25, -0.2) is 0 Å². The van der Waals surface area contributed by atoms with Crippen LogP contribution in [-0.4, -0.2) is 26.2 Å². The smallest absolute Gasteiger partial charge is 0.231 e. The second kappa shape index (κ2) is 5.40. The lowest BCUT2D eigenvalue weighted by Crippen LogP contribution is -2.53. The topological polar surface area (TPSA) is 47.6 Å². The summed E-state index contributed by atoms with van der Waals surface area (Å²) in [5.41, 5.74) is 0.766. The summed E-state index contributed by atoms with van der Waals surface area (Å²) in [5, 5.41) is 2.97. The van der Waals surface area contributed by atoms with Crippen LogP contribution in [-0.2, 0) is 16.1 Å². The Morgan fingerprint density at radius 2 is 2.06 bits per heavy atom. The molecular formula is C14H19NO3. The first kappa shape index (κ1) is 12.9. The van der Waals surface area contributed by atoms with Gasteiger partial charge >= 0.3 is 0 Å². The van der Waals surface area contributed by atoms with Crippen molar-refractivity contribution in [2.24, 2.45) is 5.41 Å². The van der Waals surface area contributed by atoms with E-state index in [2.05, 4.69) is 5.32 Å². The molecule has 1 aromatic rings. The molecule has 1 fully saturated rings. The van der Waals surface area contributed by atoms with Crippen LogP contribution in [0, 0.1) is 5.41 Å². The Kier molecular flexibility index (Phi) is 3.87. The molecule has 0 spiro atoms. The molecule has 0 aliphatic carbocycles. The van der Waals surface area contributed by atoms with Gasteiger partial charge in [0.15, 0.2) is 0 Å². The lowest BCUT2D eigenvalue weighted by Gasteiger charge is -2.39. The van der Waals surface area contributed by atoms with Crippen LogP contribution in [0.2, 0.25) is 0 Å². The predicted molar refractivity (Wildman–Crippen MR) is 68.4 cm³/mol. The van der Waals surface area contributed by atoms with E-state index < -0.39 is 0 Å². The number of carbonyl (C=O) groups is 1. The Hall–Kier alpha value is -1.55. The highest BCUT2D eigenvalue weighted by Crippen LogP contribution is 2.31. The van der Waals surface area contributed by atoms with Crippen LogP contribution >= 0.6 is 0 Å². The van der Waals surface area contributed by atoms with Gasteiger partial charge < -0.3 is 14.8 Å². The molecule has 0 radical (unpaired) electrons. The van der Waals surface area contributed by atoms with Crippen LogP contribution in [0.15, 0.2) is 24.3 Å². The third kappa shape index (κ3) is 2.48. The van der Waals surface area contributed by atoms with Gasteiger partial charge in [0.2, 0.25) is 5.91 Å². The van der Waals surface area contributed by atoms with Crippen molar-refractivity contribution in [1.82, 2.24) is 5.32 Å². The number of benzene rings is 1. The first-order valence-corrected chi connectivity index (χ1v) is 6.19. The van der Waals surface area contributed by atoms with E-state index in [9.17, 15) is 4.79 Å². The fourth-order valence-corrected chi connectivity index (χ4v) is 1.96. The fourth-order valence-electron chi connectivity index (χ4n) is 1.96. The molecule has 0 atom stereocenters. The van der Waals surface area contributed by atoms with E-state index in [4.69, 9.17) is 9.47 Å². The Balaban J connectivity index is 1.88. The predicted octanol–water partition coefficient (Wildman–Crippen LogP) is 1.74. The minimum atomic E-state index is -0.299. The molecule has 1 saturated heterocycles. The van der Waals surface area contributed by atoms with E-state index in [1.165, 1.54) is 0 Å². The molecule has 1 heterocycles. The fraction of sp³-hybridized carbons (Fsp3) is 0.500. The number of nitrogens with one attached hydrogen (secondary N) is 1. The van der Waals surface area contributed by atoms with Gasteiger partial charge in [0.1, 0.15) is 5.75 Å². The second-order valence-corrected chi connectivity index (χ2v) is 4.66. The molecule has 0 unspecified atom stereocenters. The molecule has 1 aliphatic heterocycles. The van der Waals surface area contributed by atoms with Crippen molar-refractivity contribution in [1.29, 1.82) is 0 Å². The molecule has 1 aromatic carbocycles. The summed E-state index contributed by atoms with van der Waals surface area (Å²) < 4.78 is 10.2. The van der Waals surface area contributed by atoms with E-state index in [1.54, 1.807) is 7.11 Å². The third-order valence-electron chi connectivity index (χ3n) is 3.53. The number of carbonyl (C=O) groups excluding carboxylic acids is 1. The highest BCUT2D eigenvalue weighted by molar-refractivity contribution is 5.83. The molecule has 2 rings (SSSR count). The van der Waals surface area contributed by atoms with Crippen molar-refractivity contribution >= 4 is 5.91 Å². The summed E-state index contributed by atoms with van der Waals surface area (Å²) in [4.78, 5) is 12.1. The molecule has 1 amide bonds. The molecule has 0 bridgehead atoms. The number of methoxy groups -OCH3 is 1. The maximum Gasteiger partial charge on any atom is 0.231 e. The van der Waals surface area contributed by atoms with Crippen molar-refractivity contribution in [3.05, 3.63) is 29.8 Å². The summed E-state index contributed by atoms with van der Waals surface area (Å²) in [7, 11) is 1.64. The zero-order valence-electron chi connectivity index (χ0n) is 10.9. The molecule has 0 aromatic heterocycles. The maximum atomic E-state index is 12.1. The van der Waals surface area contributed by atoms with Gasteiger partial charge in [-0.05, 0) is 24.1 Å². The lowest BCUT2D eigenvalue weighted by molar-refractivity contribution is -0.162. The number of amides is 1. The van der Waals surface area contributed by atoms with Gasteiger partial charge in [-0.1, -0.05) is 19.1 Å². The minimum Gasteiger partial charge on any atom is -0.497 e. The van der Waals surface area contributed by atoms with Gasteiger partial charge in [-0.3, -0.25) is 4.79 Å². The summed E-state index contributed by atoms with van der Waals surface area (Å²) in [6.07, 6.45) is 0.821. The van der Waals surface area contributed by atoms with Gasteiger partial charge in [0, 0.05) is 6.54 Å². The van der Waals surface area contributed by atoms with Crippen molar-refractivity contribution in [2.45, 2.75) is 19.9 Å². The van der Waals surface area contributed by atoms with Crippen molar-refractivity contribution in [2.75, 3.05) is 20.3 Å². The molecule has 1 aliphatic rings. The van der Waals surface area contributed by atoms with Crippen LogP contribution in [0.1, 0.15) is 18.9 Å². The highest BCUT2D eigenvalue weighted by atomic mass is 16.5. The lowest BCUT2D eigenvalue weighted by atomic mass is 9.82. The molecule has 18 heavy (non-hydrogen) atoms. The first-order chi connectivity index (χ1) is 8.70. The quantitative estimate of drug-likeness (QED) is 0.864. The molecule has 4 nitrogen and oxygen atoms in total. The summed E-state index contributed by atoms with van der Waals surface area (Å²) in [5.74, 6) is 0.912. The van der Waals surface area contributed by atoms with E-state index in [0.29, 0.717) is 19.8 Å². The zero-order chi connectivity index (χ0) is 13.0. The number of rotatable bonds is 5. The molecule has 98 valence electrons. The Bertz CT molecular complexity index is 404. The molecule has 0 saturated carbocycles. The van der Waals surface area contributed by atoms with Crippen LogP contribution in [0.25, 0.3) is 0 Å². The molecule has 4 heteroatoms. The maximum absolute atomic E-state index is 12.1.